The molecule has 0 saturated carbocycles. The predicted octanol–water partition coefficient (Wildman–Crippen LogP) is 4.97. The van der Waals surface area contributed by atoms with Crippen molar-refractivity contribution in [3.05, 3.63) is 66.6 Å². The number of amides is 1. The molecule has 1 unspecified atom stereocenters. The summed E-state index contributed by atoms with van der Waals surface area (Å²) in [7, 11) is 0. The van der Waals surface area contributed by atoms with Gasteiger partial charge in [0.1, 0.15) is 6.17 Å². The van der Waals surface area contributed by atoms with Crippen LogP contribution in [0.25, 0.3) is 10.8 Å². The van der Waals surface area contributed by atoms with Gasteiger partial charge in [-0.15, -0.1) is 0 Å². The summed E-state index contributed by atoms with van der Waals surface area (Å²) in [4.78, 5) is 12.1. The van der Waals surface area contributed by atoms with Gasteiger partial charge in [-0.05, 0) is 35.0 Å². The number of carbonyl (C=O) groups excluding carboxylic acids is 1. The van der Waals surface area contributed by atoms with Gasteiger partial charge in [0.05, 0.1) is 6.26 Å². The van der Waals surface area contributed by atoms with Gasteiger partial charge in [-0.1, -0.05) is 65.1 Å². The first-order valence-corrected chi connectivity index (χ1v) is 8.23. The molecule has 0 aliphatic carbocycles. The second-order valence-corrected chi connectivity index (χ2v) is 7.50. The van der Waals surface area contributed by atoms with Crippen LogP contribution in [0.2, 0.25) is 0 Å². The summed E-state index contributed by atoms with van der Waals surface area (Å²) in [5, 5.41) is 7.77. The van der Waals surface area contributed by atoms with Crippen LogP contribution in [0.4, 0.5) is 5.69 Å². The molecule has 2 aromatic carbocycles. The number of anilines is 1. The number of fused-ring (bicyclic) bond motifs is 1. The minimum Gasteiger partial charge on any atom is -0.459 e. The monoisotopic (exact) mass is 382 g/mol. The molecule has 1 aromatic heterocycles. The van der Waals surface area contributed by atoms with Crippen molar-refractivity contribution in [2.75, 3.05) is 5.32 Å². The zero-order valence-corrected chi connectivity index (χ0v) is 14.6. The third-order valence-corrected chi connectivity index (χ3v) is 4.06. The Morgan fingerprint density at radius 1 is 1.00 bits per heavy atom. The van der Waals surface area contributed by atoms with Crippen molar-refractivity contribution in [1.82, 2.24) is 5.32 Å². The lowest BCUT2D eigenvalue weighted by molar-refractivity contribution is 0.0914. The van der Waals surface area contributed by atoms with Crippen LogP contribution in [0, 0.1) is 0 Å². The van der Waals surface area contributed by atoms with Gasteiger partial charge in [-0.3, -0.25) is 4.79 Å². The van der Waals surface area contributed by atoms with Crippen molar-refractivity contribution >= 4 is 57.2 Å². The predicted molar refractivity (Wildman–Crippen MR) is 97.8 cm³/mol. The van der Waals surface area contributed by atoms with Gasteiger partial charge in [0.25, 0.3) is 5.91 Å². The molecule has 4 nitrogen and oxygen atoms in total. The molecule has 0 bridgehead atoms. The molecule has 1 atom stereocenters. The molecular formula is C17H13Cl3N2O2. The first-order valence-electron chi connectivity index (χ1n) is 7.10. The molecule has 124 valence electrons. The number of carbonyl (C=O) groups is 1. The molecule has 3 rings (SSSR count). The Hall–Kier alpha value is -1.88. The van der Waals surface area contributed by atoms with E-state index in [9.17, 15) is 4.79 Å². The smallest absolute Gasteiger partial charge is 0.288 e. The Kier molecular flexibility index (Phi) is 4.90. The average Bonchev–Trinajstić information content (AvgIpc) is 3.08. The Bertz CT molecular complexity index is 844. The molecule has 24 heavy (non-hydrogen) atoms. The molecule has 0 saturated heterocycles. The minimum absolute atomic E-state index is 0.134. The summed E-state index contributed by atoms with van der Waals surface area (Å²) < 4.78 is 3.29. The summed E-state index contributed by atoms with van der Waals surface area (Å²) in [6.07, 6.45) is 0.456. The standard InChI is InChI=1S/C17H13Cl3N2O2/c18-17(19,20)16(22-15(23)14-6-3-9-24-14)21-13-8-7-11-4-1-2-5-12(11)10-13/h1-10,16,21H,(H,22,23). The number of benzene rings is 2. The van der Waals surface area contributed by atoms with Crippen LogP contribution in [0.15, 0.2) is 65.3 Å². The first-order chi connectivity index (χ1) is 11.4. The molecule has 1 amide bonds. The Morgan fingerprint density at radius 2 is 1.75 bits per heavy atom. The Morgan fingerprint density at radius 3 is 2.42 bits per heavy atom. The highest BCUT2D eigenvalue weighted by atomic mass is 35.6. The minimum atomic E-state index is -1.76. The van der Waals surface area contributed by atoms with Gasteiger partial charge in [0, 0.05) is 5.69 Å². The summed E-state index contributed by atoms with van der Waals surface area (Å²) in [5.41, 5.74) is 0.713. The van der Waals surface area contributed by atoms with E-state index in [2.05, 4.69) is 10.6 Å². The fourth-order valence-electron chi connectivity index (χ4n) is 2.26. The van der Waals surface area contributed by atoms with Crippen LogP contribution in [0.5, 0.6) is 0 Å². The number of nitrogens with one attached hydrogen (secondary N) is 2. The van der Waals surface area contributed by atoms with E-state index in [-0.39, 0.29) is 5.76 Å². The van der Waals surface area contributed by atoms with Crippen molar-refractivity contribution in [3.8, 4) is 0 Å². The normalized spacial score (nSPS) is 12.8. The number of hydrogen-bond acceptors (Lipinski definition) is 3. The molecule has 2 N–H and O–H groups in total. The van der Waals surface area contributed by atoms with Crippen molar-refractivity contribution in [2.45, 2.75) is 9.96 Å². The third-order valence-electron chi connectivity index (χ3n) is 3.41. The van der Waals surface area contributed by atoms with E-state index in [1.54, 1.807) is 6.07 Å². The third kappa shape index (κ3) is 3.96. The molecule has 0 radical (unpaired) electrons. The van der Waals surface area contributed by atoms with E-state index in [4.69, 9.17) is 39.2 Å². The number of furan rings is 1. The van der Waals surface area contributed by atoms with E-state index in [1.165, 1.54) is 12.3 Å². The van der Waals surface area contributed by atoms with Crippen molar-refractivity contribution in [3.63, 3.8) is 0 Å². The molecule has 7 heteroatoms. The molecule has 0 fully saturated rings. The maximum atomic E-state index is 12.1. The maximum Gasteiger partial charge on any atom is 0.288 e. The molecule has 0 aliphatic heterocycles. The Labute approximate surface area is 153 Å². The highest BCUT2D eigenvalue weighted by Crippen LogP contribution is 2.32. The van der Waals surface area contributed by atoms with Crippen LogP contribution in [-0.4, -0.2) is 15.9 Å². The molecule has 1 heterocycles. The van der Waals surface area contributed by atoms with Gasteiger partial charge in [-0.2, -0.15) is 0 Å². The van der Waals surface area contributed by atoms with Crippen molar-refractivity contribution in [2.24, 2.45) is 0 Å². The van der Waals surface area contributed by atoms with Gasteiger partial charge in [0.15, 0.2) is 5.76 Å². The highest BCUT2D eigenvalue weighted by molar-refractivity contribution is 6.68. The molecule has 3 aromatic rings. The van der Waals surface area contributed by atoms with Gasteiger partial charge >= 0.3 is 0 Å². The second-order valence-electron chi connectivity index (χ2n) is 5.13. The number of rotatable bonds is 4. The summed E-state index contributed by atoms with van der Waals surface area (Å²) in [6.45, 7) is 0. The van der Waals surface area contributed by atoms with Crippen LogP contribution < -0.4 is 10.6 Å². The fraction of sp³-hybridized carbons (Fsp3) is 0.118. The van der Waals surface area contributed by atoms with Gasteiger partial charge < -0.3 is 15.1 Å². The maximum absolute atomic E-state index is 12.1. The van der Waals surface area contributed by atoms with E-state index in [0.29, 0.717) is 5.69 Å². The lowest BCUT2D eigenvalue weighted by Gasteiger charge is -2.27. The number of alkyl halides is 3. The molecule has 0 spiro atoms. The zero-order chi connectivity index (χ0) is 17.2. The Balaban J connectivity index is 1.82. The average molecular weight is 384 g/mol. The van der Waals surface area contributed by atoms with Crippen LogP contribution in [-0.2, 0) is 0 Å². The first kappa shape index (κ1) is 17.0. The van der Waals surface area contributed by atoms with E-state index >= 15 is 0 Å². The van der Waals surface area contributed by atoms with Gasteiger partial charge in [-0.25, -0.2) is 0 Å². The lowest BCUT2D eigenvalue weighted by atomic mass is 10.1. The van der Waals surface area contributed by atoms with E-state index < -0.39 is 15.9 Å². The van der Waals surface area contributed by atoms with Crippen LogP contribution >= 0.6 is 34.8 Å². The van der Waals surface area contributed by atoms with E-state index in [1.807, 2.05) is 42.5 Å². The van der Waals surface area contributed by atoms with Crippen LogP contribution in [0.1, 0.15) is 10.6 Å². The van der Waals surface area contributed by atoms with Crippen molar-refractivity contribution < 1.29 is 9.21 Å². The SMILES string of the molecule is O=C(NC(Nc1ccc2ccccc2c1)C(Cl)(Cl)Cl)c1ccco1. The highest BCUT2D eigenvalue weighted by Gasteiger charge is 2.34. The second kappa shape index (κ2) is 6.93. The zero-order valence-electron chi connectivity index (χ0n) is 12.3. The number of hydrogen-bond donors (Lipinski definition) is 2. The topological polar surface area (TPSA) is 54.3 Å². The van der Waals surface area contributed by atoms with Crippen LogP contribution in [0.3, 0.4) is 0 Å². The molecule has 0 aliphatic rings. The summed E-state index contributed by atoms with van der Waals surface area (Å²) in [6, 6.07) is 16.7. The summed E-state index contributed by atoms with van der Waals surface area (Å²) >= 11 is 18.0. The van der Waals surface area contributed by atoms with Gasteiger partial charge in [0.2, 0.25) is 3.79 Å². The molecular weight excluding hydrogens is 371 g/mol. The largest absolute Gasteiger partial charge is 0.459 e. The quantitative estimate of drug-likeness (QED) is 0.494. The lowest BCUT2D eigenvalue weighted by Crippen LogP contribution is -2.49. The summed E-state index contributed by atoms with van der Waals surface area (Å²) in [5.74, 6) is -0.348. The van der Waals surface area contributed by atoms with E-state index in [0.717, 1.165) is 10.8 Å². The fourth-order valence-corrected chi connectivity index (χ4v) is 2.58. The van der Waals surface area contributed by atoms with Crippen molar-refractivity contribution in [1.29, 1.82) is 0 Å². The number of halogens is 3.